The van der Waals surface area contributed by atoms with Gasteiger partial charge in [-0.2, -0.15) is 0 Å². The van der Waals surface area contributed by atoms with Crippen molar-refractivity contribution in [1.82, 2.24) is 0 Å². The fourth-order valence-electron chi connectivity index (χ4n) is 1.39. The maximum absolute atomic E-state index is 8.65. The highest BCUT2D eigenvalue weighted by atomic mass is 32.2. The van der Waals surface area contributed by atoms with Gasteiger partial charge in [0.15, 0.2) is 0 Å². The van der Waals surface area contributed by atoms with Crippen LogP contribution in [0.3, 0.4) is 0 Å². The van der Waals surface area contributed by atoms with E-state index in [1.54, 1.807) is 11.8 Å². The molecule has 17 heavy (non-hydrogen) atoms. The van der Waals surface area contributed by atoms with Gasteiger partial charge in [0.05, 0.1) is 6.61 Å². The van der Waals surface area contributed by atoms with Gasteiger partial charge >= 0.3 is 0 Å². The monoisotopic (exact) mass is 246 g/mol. The van der Waals surface area contributed by atoms with E-state index >= 15 is 0 Å². The molecule has 0 spiro atoms. The van der Waals surface area contributed by atoms with Crippen molar-refractivity contribution in [3.63, 3.8) is 0 Å². The lowest BCUT2D eigenvalue weighted by atomic mass is 10.3. The second-order valence-corrected chi connectivity index (χ2v) is 4.61. The molecule has 1 N–H and O–H groups in total. The molecule has 0 radical (unpaired) electrons. The van der Waals surface area contributed by atoms with Gasteiger partial charge in [0.25, 0.3) is 0 Å². The molecule has 3 heteroatoms. The molecular formula is C14H14O2S. The molecule has 0 saturated carbocycles. The van der Waals surface area contributed by atoms with Crippen molar-refractivity contribution in [3.8, 4) is 5.75 Å². The summed E-state index contributed by atoms with van der Waals surface area (Å²) in [6, 6.07) is 18.1. The topological polar surface area (TPSA) is 29.5 Å². The second-order valence-electron chi connectivity index (χ2n) is 3.46. The molecule has 0 aromatic heterocycles. The predicted octanol–water partition coefficient (Wildman–Crippen LogP) is 3.21. The van der Waals surface area contributed by atoms with Crippen molar-refractivity contribution < 1.29 is 9.84 Å². The van der Waals surface area contributed by atoms with Crippen molar-refractivity contribution in [3.05, 3.63) is 54.6 Å². The van der Waals surface area contributed by atoms with Gasteiger partial charge in [-0.05, 0) is 36.4 Å². The van der Waals surface area contributed by atoms with E-state index in [0.29, 0.717) is 6.61 Å². The van der Waals surface area contributed by atoms with Crippen LogP contribution < -0.4 is 4.74 Å². The zero-order valence-electron chi connectivity index (χ0n) is 9.37. The minimum absolute atomic E-state index is 0.0422. The number of ether oxygens (including phenoxy) is 1. The summed E-state index contributed by atoms with van der Waals surface area (Å²) in [5, 5.41) is 8.65. The van der Waals surface area contributed by atoms with Gasteiger partial charge in [-0.25, -0.2) is 0 Å². The van der Waals surface area contributed by atoms with Gasteiger partial charge in [-0.3, -0.25) is 0 Å². The van der Waals surface area contributed by atoms with E-state index in [2.05, 4.69) is 12.1 Å². The highest BCUT2D eigenvalue weighted by Gasteiger charge is 1.97. The molecule has 0 unspecified atom stereocenters. The lowest BCUT2D eigenvalue weighted by molar-refractivity contribution is 0.201. The maximum Gasteiger partial charge on any atom is 0.119 e. The van der Waals surface area contributed by atoms with Crippen LogP contribution in [0.4, 0.5) is 0 Å². The molecule has 0 aliphatic rings. The standard InChI is InChI=1S/C14H14O2S/c15-10-11-16-12-6-8-14(9-7-12)17-13-4-2-1-3-5-13/h1-9,15H,10-11H2. The molecule has 2 nitrogen and oxygen atoms in total. The SMILES string of the molecule is OCCOc1ccc(Sc2ccccc2)cc1. The molecular weight excluding hydrogens is 232 g/mol. The Labute approximate surface area is 105 Å². The average molecular weight is 246 g/mol. The molecule has 88 valence electrons. The minimum Gasteiger partial charge on any atom is -0.491 e. The van der Waals surface area contributed by atoms with Crippen molar-refractivity contribution in [1.29, 1.82) is 0 Å². The Hall–Kier alpha value is -1.45. The average Bonchev–Trinajstić information content (AvgIpc) is 2.39. The Morgan fingerprint density at radius 3 is 2.18 bits per heavy atom. The zero-order valence-corrected chi connectivity index (χ0v) is 10.2. The third kappa shape index (κ3) is 3.80. The Bertz CT molecular complexity index is 440. The van der Waals surface area contributed by atoms with E-state index in [1.165, 1.54) is 9.79 Å². The lowest BCUT2D eigenvalue weighted by Crippen LogP contribution is -2.01. The molecule has 0 fully saturated rings. The molecule has 2 rings (SSSR count). The fraction of sp³-hybridized carbons (Fsp3) is 0.143. The van der Waals surface area contributed by atoms with Crippen LogP contribution >= 0.6 is 11.8 Å². The number of benzene rings is 2. The number of hydrogen-bond acceptors (Lipinski definition) is 3. The normalized spacial score (nSPS) is 10.2. The fourth-order valence-corrected chi connectivity index (χ4v) is 2.23. The summed E-state index contributed by atoms with van der Waals surface area (Å²) in [6.45, 7) is 0.381. The van der Waals surface area contributed by atoms with E-state index in [4.69, 9.17) is 9.84 Å². The third-order valence-electron chi connectivity index (χ3n) is 2.16. The van der Waals surface area contributed by atoms with Crippen molar-refractivity contribution in [2.45, 2.75) is 9.79 Å². The molecule has 2 aromatic carbocycles. The van der Waals surface area contributed by atoms with E-state index in [9.17, 15) is 0 Å². The number of hydrogen-bond donors (Lipinski definition) is 1. The maximum atomic E-state index is 8.65. The van der Waals surface area contributed by atoms with Crippen molar-refractivity contribution >= 4 is 11.8 Å². The van der Waals surface area contributed by atoms with Crippen LogP contribution in [0.1, 0.15) is 0 Å². The molecule has 0 aliphatic heterocycles. The van der Waals surface area contributed by atoms with Crippen LogP contribution in [0.25, 0.3) is 0 Å². The van der Waals surface area contributed by atoms with E-state index < -0.39 is 0 Å². The summed E-state index contributed by atoms with van der Waals surface area (Å²) < 4.78 is 5.30. The van der Waals surface area contributed by atoms with Crippen LogP contribution in [-0.4, -0.2) is 18.3 Å². The minimum atomic E-state index is 0.0422. The summed E-state index contributed by atoms with van der Waals surface area (Å²) in [4.78, 5) is 2.39. The smallest absolute Gasteiger partial charge is 0.119 e. The second kappa shape index (κ2) is 6.33. The summed E-state index contributed by atoms with van der Waals surface area (Å²) in [7, 11) is 0. The highest BCUT2D eigenvalue weighted by Crippen LogP contribution is 2.28. The van der Waals surface area contributed by atoms with Crippen LogP contribution in [0.5, 0.6) is 5.75 Å². The Balaban J connectivity index is 1.98. The first-order chi connectivity index (χ1) is 8.38. The highest BCUT2D eigenvalue weighted by molar-refractivity contribution is 7.99. The molecule has 0 aliphatic carbocycles. The summed E-state index contributed by atoms with van der Waals surface area (Å²) in [5.41, 5.74) is 0. The lowest BCUT2D eigenvalue weighted by Gasteiger charge is -2.05. The summed E-state index contributed by atoms with van der Waals surface area (Å²) in [6.07, 6.45) is 0. The Morgan fingerprint density at radius 1 is 0.882 bits per heavy atom. The third-order valence-corrected chi connectivity index (χ3v) is 3.18. The number of aliphatic hydroxyl groups is 1. The van der Waals surface area contributed by atoms with Gasteiger partial charge in [0.2, 0.25) is 0 Å². The molecule has 0 saturated heterocycles. The van der Waals surface area contributed by atoms with Gasteiger partial charge < -0.3 is 9.84 Å². The summed E-state index contributed by atoms with van der Waals surface area (Å²) in [5.74, 6) is 0.788. The first kappa shape index (κ1) is 12.0. The predicted molar refractivity (Wildman–Crippen MR) is 69.6 cm³/mol. The molecule has 0 heterocycles. The van der Waals surface area contributed by atoms with Gasteiger partial charge in [0, 0.05) is 9.79 Å². The molecule has 2 aromatic rings. The Morgan fingerprint density at radius 2 is 1.53 bits per heavy atom. The number of rotatable bonds is 5. The van der Waals surface area contributed by atoms with Crippen LogP contribution in [0.15, 0.2) is 64.4 Å². The Kier molecular flexibility index (Phi) is 4.47. The van der Waals surface area contributed by atoms with Crippen LogP contribution in [0, 0.1) is 0 Å². The van der Waals surface area contributed by atoms with E-state index in [0.717, 1.165) is 5.75 Å². The number of aliphatic hydroxyl groups excluding tert-OH is 1. The van der Waals surface area contributed by atoms with Gasteiger partial charge in [0.1, 0.15) is 12.4 Å². The molecule has 0 bridgehead atoms. The van der Waals surface area contributed by atoms with Gasteiger partial charge in [-0.1, -0.05) is 30.0 Å². The van der Waals surface area contributed by atoms with E-state index in [-0.39, 0.29) is 6.61 Å². The van der Waals surface area contributed by atoms with E-state index in [1.807, 2.05) is 42.5 Å². The van der Waals surface area contributed by atoms with Crippen molar-refractivity contribution in [2.24, 2.45) is 0 Å². The quantitative estimate of drug-likeness (QED) is 0.878. The summed E-state index contributed by atoms with van der Waals surface area (Å²) >= 11 is 1.72. The van der Waals surface area contributed by atoms with Crippen LogP contribution in [-0.2, 0) is 0 Å². The molecule has 0 atom stereocenters. The van der Waals surface area contributed by atoms with Crippen LogP contribution in [0.2, 0.25) is 0 Å². The zero-order chi connectivity index (χ0) is 11.9. The molecule has 0 amide bonds. The first-order valence-corrected chi connectivity index (χ1v) is 6.27. The van der Waals surface area contributed by atoms with Gasteiger partial charge in [-0.15, -0.1) is 0 Å². The van der Waals surface area contributed by atoms with Crippen molar-refractivity contribution in [2.75, 3.05) is 13.2 Å². The first-order valence-electron chi connectivity index (χ1n) is 5.45. The largest absolute Gasteiger partial charge is 0.491 e.